The monoisotopic (exact) mass is 245 g/mol. The molecule has 0 aliphatic heterocycles. The molecular weight excluding hydrogens is 234 g/mol. The molecule has 0 radical (unpaired) electrons. The van der Waals surface area contributed by atoms with Gasteiger partial charge in [0.25, 0.3) is 0 Å². The van der Waals surface area contributed by atoms with Crippen molar-refractivity contribution in [1.29, 1.82) is 0 Å². The highest BCUT2D eigenvalue weighted by Gasteiger charge is 2.11. The quantitative estimate of drug-likeness (QED) is 0.848. The lowest BCUT2D eigenvalue weighted by Crippen LogP contribution is -2.15. The summed E-state index contributed by atoms with van der Waals surface area (Å²) in [6.07, 6.45) is 0. The zero-order valence-corrected chi connectivity index (χ0v) is 8.91. The average molecular weight is 246 g/mol. The Balaban J connectivity index is 3.08. The number of benzene rings is 1. The van der Waals surface area contributed by atoms with Crippen LogP contribution in [0.2, 0.25) is 0 Å². The van der Waals surface area contributed by atoms with Crippen LogP contribution >= 0.6 is 15.9 Å². The van der Waals surface area contributed by atoms with E-state index in [1.165, 1.54) is 0 Å². The van der Waals surface area contributed by atoms with Gasteiger partial charge in [-0.15, -0.1) is 0 Å². The molecule has 1 aromatic rings. The van der Waals surface area contributed by atoms with Crippen LogP contribution in [0.1, 0.15) is 11.6 Å². The molecule has 0 aromatic heterocycles. The standard InChI is InChI=1S/C9H12BrNO2/c1-13-8-4-2-3-6(9(8)10)7(11)5-12/h2-4,7,12H,5,11H2,1H3/t7-/m1/s1. The molecule has 0 bridgehead atoms. The Kier molecular flexibility index (Phi) is 3.71. The summed E-state index contributed by atoms with van der Waals surface area (Å²) in [6.45, 7) is -0.0776. The van der Waals surface area contributed by atoms with Gasteiger partial charge in [-0.05, 0) is 27.6 Å². The van der Waals surface area contributed by atoms with Crippen LogP contribution in [0, 0.1) is 0 Å². The van der Waals surface area contributed by atoms with Gasteiger partial charge < -0.3 is 15.6 Å². The van der Waals surface area contributed by atoms with Crippen LogP contribution in [-0.4, -0.2) is 18.8 Å². The summed E-state index contributed by atoms with van der Waals surface area (Å²) >= 11 is 3.37. The average Bonchev–Trinajstić information content (AvgIpc) is 2.17. The zero-order valence-electron chi connectivity index (χ0n) is 7.33. The highest BCUT2D eigenvalue weighted by Crippen LogP contribution is 2.31. The van der Waals surface area contributed by atoms with Crippen molar-refractivity contribution in [1.82, 2.24) is 0 Å². The van der Waals surface area contributed by atoms with E-state index in [0.29, 0.717) is 0 Å². The maximum absolute atomic E-state index is 8.89. The number of methoxy groups -OCH3 is 1. The Labute approximate surface area is 85.6 Å². The first-order chi connectivity index (χ1) is 6.20. The van der Waals surface area contributed by atoms with Gasteiger partial charge in [-0.25, -0.2) is 0 Å². The summed E-state index contributed by atoms with van der Waals surface area (Å²) in [5, 5.41) is 8.89. The Hall–Kier alpha value is -0.580. The van der Waals surface area contributed by atoms with Gasteiger partial charge in [0.1, 0.15) is 5.75 Å². The van der Waals surface area contributed by atoms with E-state index in [2.05, 4.69) is 15.9 Å². The largest absolute Gasteiger partial charge is 0.496 e. The van der Waals surface area contributed by atoms with Gasteiger partial charge in [0.15, 0.2) is 0 Å². The predicted molar refractivity (Wildman–Crippen MR) is 54.7 cm³/mol. The van der Waals surface area contributed by atoms with Gasteiger partial charge in [0.05, 0.1) is 24.2 Å². The first kappa shape index (κ1) is 10.5. The number of halogens is 1. The molecule has 0 heterocycles. The fraction of sp³-hybridized carbons (Fsp3) is 0.333. The lowest BCUT2D eigenvalue weighted by Gasteiger charge is -2.12. The molecule has 4 heteroatoms. The van der Waals surface area contributed by atoms with Crippen molar-refractivity contribution in [2.75, 3.05) is 13.7 Å². The highest BCUT2D eigenvalue weighted by atomic mass is 79.9. The molecule has 0 fully saturated rings. The smallest absolute Gasteiger partial charge is 0.133 e. The molecule has 0 aliphatic rings. The first-order valence-corrected chi connectivity index (χ1v) is 4.68. The van der Waals surface area contributed by atoms with Gasteiger partial charge in [-0.3, -0.25) is 0 Å². The maximum Gasteiger partial charge on any atom is 0.133 e. The molecule has 0 saturated carbocycles. The third-order valence-corrected chi connectivity index (χ3v) is 2.66. The van der Waals surface area contributed by atoms with E-state index in [1.807, 2.05) is 18.2 Å². The topological polar surface area (TPSA) is 55.5 Å². The number of hydrogen-bond acceptors (Lipinski definition) is 3. The maximum atomic E-state index is 8.89. The van der Waals surface area contributed by atoms with Crippen molar-refractivity contribution in [2.45, 2.75) is 6.04 Å². The fourth-order valence-electron chi connectivity index (χ4n) is 1.07. The van der Waals surface area contributed by atoms with Crippen LogP contribution in [0.25, 0.3) is 0 Å². The van der Waals surface area contributed by atoms with E-state index in [0.717, 1.165) is 15.8 Å². The van der Waals surface area contributed by atoms with E-state index in [9.17, 15) is 0 Å². The summed E-state index contributed by atoms with van der Waals surface area (Å²) in [5.74, 6) is 0.724. The molecule has 3 N–H and O–H groups in total. The van der Waals surface area contributed by atoms with Gasteiger partial charge in [0.2, 0.25) is 0 Å². The van der Waals surface area contributed by atoms with Crippen LogP contribution in [0.15, 0.2) is 22.7 Å². The molecule has 0 unspecified atom stereocenters. The van der Waals surface area contributed by atoms with E-state index in [4.69, 9.17) is 15.6 Å². The SMILES string of the molecule is COc1cccc([C@H](N)CO)c1Br. The van der Waals surface area contributed by atoms with E-state index in [-0.39, 0.29) is 12.6 Å². The Bertz CT molecular complexity index is 291. The number of nitrogens with two attached hydrogens (primary N) is 1. The van der Waals surface area contributed by atoms with Gasteiger partial charge in [-0.1, -0.05) is 12.1 Å². The zero-order chi connectivity index (χ0) is 9.84. The Morgan fingerprint density at radius 3 is 2.85 bits per heavy atom. The second-order valence-corrected chi connectivity index (χ2v) is 3.45. The van der Waals surface area contributed by atoms with Crippen molar-refractivity contribution in [3.05, 3.63) is 28.2 Å². The number of hydrogen-bond donors (Lipinski definition) is 2. The molecule has 0 aliphatic carbocycles. The van der Waals surface area contributed by atoms with Crippen LogP contribution < -0.4 is 10.5 Å². The predicted octanol–water partition coefficient (Wildman–Crippen LogP) is 1.45. The van der Waals surface area contributed by atoms with E-state index < -0.39 is 0 Å². The highest BCUT2D eigenvalue weighted by molar-refractivity contribution is 9.10. The van der Waals surface area contributed by atoms with Gasteiger partial charge in [-0.2, -0.15) is 0 Å². The summed E-state index contributed by atoms with van der Waals surface area (Å²) < 4.78 is 5.90. The van der Waals surface area contributed by atoms with E-state index >= 15 is 0 Å². The van der Waals surface area contributed by atoms with Crippen molar-refractivity contribution in [3.8, 4) is 5.75 Å². The molecule has 0 saturated heterocycles. The number of aliphatic hydroxyl groups is 1. The molecule has 72 valence electrons. The van der Waals surface area contributed by atoms with E-state index in [1.54, 1.807) is 7.11 Å². The van der Waals surface area contributed by atoms with Crippen molar-refractivity contribution in [3.63, 3.8) is 0 Å². The molecule has 1 rings (SSSR count). The molecule has 3 nitrogen and oxygen atoms in total. The number of rotatable bonds is 3. The van der Waals surface area contributed by atoms with Crippen LogP contribution in [0.5, 0.6) is 5.75 Å². The molecule has 0 spiro atoms. The van der Waals surface area contributed by atoms with Crippen LogP contribution in [0.4, 0.5) is 0 Å². The van der Waals surface area contributed by atoms with Crippen molar-refractivity contribution >= 4 is 15.9 Å². The third-order valence-electron chi connectivity index (χ3n) is 1.81. The lowest BCUT2D eigenvalue weighted by atomic mass is 10.1. The second kappa shape index (κ2) is 4.60. The molecular formula is C9H12BrNO2. The van der Waals surface area contributed by atoms with Gasteiger partial charge in [0, 0.05) is 0 Å². The molecule has 1 atom stereocenters. The fourth-order valence-corrected chi connectivity index (χ4v) is 1.79. The summed E-state index contributed by atoms with van der Waals surface area (Å²) in [4.78, 5) is 0. The summed E-state index contributed by atoms with van der Waals surface area (Å²) in [6, 6.07) is 5.16. The normalized spacial score (nSPS) is 12.6. The van der Waals surface area contributed by atoms with Crippen LogP contribution in [0.3, 0.4) is 0 Å². The first-order valence-electron chi connectivity index (χ1n) is 3.89. The summed E-state index contributed by atoms with van der Waals surface area (Å²) in [5.41, 5.74) is 6.53. The van der Waals surface area contributed by atoms with Crippen LogP contribution in [-0.2, 0) is 0 Å². The lowest BCUT2D eigenvalue weighted by molar-refractivity contribution is 0.267. The number of ether oxygens (including phenoxy) is 1. The van der Waals surface area contributed by atoms with Crippen molar-refractivity contribution < 1.29 is 9.84 Å². The number of aliphatic hydroxyl groups excluding tert-OH is 1. The molecule has 1 aromatic carbocycles. The summed E-state index contributed by atoms with van der Waals surface area (Å²) in [7, 11) is 1.59. The van der Waals surface area contributed by atoms with Crippen molar-refractivity contribution in [2.24, 2.45) is 5.73 Å². The molecule has 13 heavy (non-hydrogen) atoms. The second-order valence-electron chi connectivity index (χ2n) is 2.65. The minimum Gasteiger partial charge on any atom is -0.496 e. The third kappa shape index (κ3) is 2.21. The minimum absolute atomic E-state index is 0.0776. The van der Waals surface area contributed by atoms with Gasteiger partial charge >= 0.3 is 0 Å². The minimum atomic E-state index is -0.371. The molecule has 0 amide bonds. The Morgan fingerprint density at radius 1 is 1.62 bits per heavy atom. The Morgan fingerprint density at radius 2 is 2.31 bits per heavy atom.